The number of carbonyl (C=O) groups excluding carboxylic acids is 3. The van der Waals surface area contributed by atoms with E-state index >= 15 is 0 Å². The quantitative estimate of drug-likeness (QED) is 0.561. The summed E-state index contributed by atoms with van der Waals surface area (Å²) in [7, 11) is 2.01. The fourth-order valence-electron chi connectivity index (χ4n) is 3.26. The molecule has 0 saturated carbocycles. The van der Waals surface area contributed by atoms with Gasteiger partial charge < -0.3 is 30.3 Å². The van der Waals surface area contributed by atoms with Crippen LogP contribution in [-0.4, -0.2) is 78.4 Å². The Balaban J connectivity index is 1.97. The maximum Gasteiger partial charge on any atom is 0.318 e. The highest BCUT2D eigenvalue weighted by Crippen LogP contribution is 2.12. The van der Waals surface area contributed by atoms with E-state index in [-0.39, 0.29) is 23.6 Å². The molecular formula is C21H32N4O4. The molecule has 0 radical (unpaired) electrons. The van der Waals surface area contributed by atoms with Gasteiger partial charge >= 0.3 is 6.03 Å². The number of likely N-dealkylation sites (N-methyl/N-ethyl adjacent to an activating group) is 1. The Morgan fingerprint density at radius 3 is 2.28 bits per heavy atom. The Morgan fingerprint density at radius 2 is 1.72 bits per heavy atom. The smallest absolute Gasteiger partial charge is 0.318 e. The Hall–Kier alpha value is -2.61. The first-order chi connectivity index (χ1) is 13.8. The van der Waals surface area contributed by atoms with Gasteiger partial charge in [-0.2, -0.15) is 0 Å². The second-order valence-corrected chi connectivity index (χ2v) is 8.04. The lowest BCUT2D eigenvalue weighted by atomic mass is 10.0. The molecule has 0 unspecified atom stereocenters. The maximum atomic E-state index is 12.8. The molecule has 3 amide bonds. The fraction of sp³-hybridized carbons (Fsp3) is 0.571. The van der Waals surface area contributed by atoms with Crippen molar-refractivity contribution in [1.82, 2.24) is 20.4 Å². The van der Waals surface area contributed by atoms with Crippen LogP contribution in [0.4, 0.5) is 4.79 Å². The fourth-order valence-corrected chi connectivity index (χ4v) is 3.26. The number of rotatable bonds is 8. The molecule has 0 aromatic heterocycles. The number of nitrogens with zero attached hydrogens (tertiary/aromatic N) is 2. The molecule has 1 aromatic rings. The predicted molar refractivity (Wildman–Crippen MR) is 111 cm³/mol. The molecule has 1 aliphatic heterocycles. The first-order valence-electron chi connectivity index (χ1n) is 10.1. The molecule has 0 aliphatic carbocycles. The number of urea groups is 1. The summed E-state index contributed by atoms with van der Waals surface area (Å²) in [5, 5.41) is 15.0. The van der Waals surface area contributed by atoms with E-state index in [0.717, 1.165) is 18.7 Å². The molecule has 3 N–H and O–H groups in total. The van der Waals surface area contributed by atoms with Gasteiger partial charge in [-0.05, 0) is 43.5 Å². The lowest BCUT2D eigenvalue weighted by molar-refractivity contribution is -0.126. The maximum absolute atomic E-state index is 12.8. The van der Waals surface area contributed by atoms with Gasteiger partial charge in [0.25, 0.3) is 0 Å². The number of aromatic hydroxyl groups is 1. The number of phenols is 1. The van der Waals surface area contributed by atoms with E-state index in [1.165, 1.54) is 12.1 Å². The van der Waals surface area contributed by atoms with Crippen molar-refractivity contribution in [3.05, 3.63) is 29.8 Å². The number of amides is 3. The van der Waals surface area contributed by atoms with Crippen LogP contribution < -0.4 is 10.6 Å². The van der Waals surface area contributed by atoms with E-state index in [1.54, 1.807) is 17.0 Å². The highest BCUT2D eigenvalue weighted by molar-refractivity contribution is 5.88. The van der Waals surface area contributed by atoms with Crippen LogP contribution in [0.2, 0.25) is 0 Å². The van der Waals surface area contributed by atoms with Gasteiger partial charge in [0.1, 0.15) is 18.1 Å². The van der Waals surface area contributed by atoms with E-state index in [2.05, 4.69) is 15.5 Å². The Bertz CT molecular complexity index is 684. The third kappa shape index (κ3) is 7.38. The third-order valence-corrected chi connectivity index (χ3v) is 5.00. The van der Waals surface area contributed by atoms with Gasteiger partial charge in [-0.15, -0.1) is 0 Å². The van der Waals surface area contributed by atoms with E-state index in [1.807, 2.05) is 20.9 Å². The summed E-state index contributed by atoms with van der Waals surface area (Å²) < 4.78 is 0. The Morgan fingerprint density at radius 1 is 1.10 bits per heavy atom. The lowest BCUT2D eigenvalue weighted by Gasteiger charge is -2.33. The molecule has 1 fully saturated rings. The number of hydrogen-bond donors (Lipinski definition) is 3. The number of hydrogen-bond acceptors (Lipinski definition) is 5. The molecule has 0 spiro atoms. The molecule has 8 nitrogen and oxygen atoms in total. The minimum Gasteiger partial charge on any atom is -0.508 e. The van der Waals surface area contributed by atoms with Crippen molar-refractivity contribution in [3.8, 4) is 5.75 Å². The number of nitrogens with one attached hydrogen (secondary N) is 2. The zero-order chi connectivity index (χ0) is 21.4. The van der Waals surface area contributed by atoms with Crippen LogP contribution in [0, 0.1) is 5.92 Å². The standard InChI is InChI=1S/C21H32N4O4/c1-15(2)12-19(23-21(29)25-10-8-24(3)9-11-25)20(28)22-17(14-26)13-16-4-6-18(27)7-5-16/h4-7,14-15,17,19,27H,8-13H2,1-3H3,(H,22,28)(H,23,29)/t17-,19-/m0/s1. The average Bonchev–Trinajstić information content (AvgIpc) is 2.68. The monoisotopic (exact) mass is 404 g/mol. The molecular weight excluding hydrogens is 372 g/mol. The number of piperazine rings is 1. The van der Waals surface area contributed by atoms with Gasteiger partial charge in [0.15, 0.2) is 0 Å². The average molecular weight is 405 g/mol. The third-order valence-electron chi connectivity index (χ3n) is 5.00. The molecule has 1 aromatic carbocycles. The molecule has 2 rings (SSSR count). The van der Waals surface area contributed by atoms with Gasteiger partial charge in [0.05, 0.1) is 6.04 Å². The van der Waals surface area contributed by atoms with Crippen LogP contribution in [0.25, 0.3) is 0 Å². The SMILES string of the molecule is CC(C)C[C@H](NC(=O)N1CCN(C)CC1)C(=O)N[C@H](C=O)Cc1ccc(O)cc1. The van der Waals surface area contributed by atoms with Crippen LogP contribution in [0.5, 0.6) is 5.75 Å². The summed E-state index contributed by atoms with van der Waals surface area (Å²) in [6.07, 6.45) is 1.49. The minimum atomic E-state index is -0.706. The summed E-state index contributed by atoms with van der Waals surface area (Å²) in [6, 6.07) is 4.83. The highest BCUT2D eigenvalue weighted by Gasteiger charge is 2.27. The number of benzene rings is 1. The number of carbonyl (C=O) groups is 3. The normalized spacial score (nSPS) is 16.9. The van der Waals surface area contributed by atoms with Crippen molar-refractivity contribution >= 4 is 18.2 Å². The molecule has 1 saturated heterocycles. The first-order valence-corrected chi connectivity index (χ1v) is 10.1. The largest absolute Gasteiger partial charge is 0.508 e. The number of aldehydes is 1. The second kappa shape index (κ2) is 10.8. The van der Waals surface area contributed by atoms with Gasteiger partial charge in [-0.3, -0.25) is 4.79 Å². The van der Waals surface area contributed by atoms with E-state index in [0.29, 0.717) is 32.2 Å². The van der Waals surface area contributed by atoms with Crippen LogP contribution in [-0.2, 0) is 16.0 Å². The summed E-state index contributed by atoms with van der Waals surface area (Å²) in [6.45, 7) is 6.81. The molecule has 2 atom stereocenters. The summed E-state index contributed by atoms with van der Waals surface area (Å²) in [5.41, 5.74) is 0.821. The van der Waals surface area contributed by atoms with Gasteiger partial charge in [-0.1, -0.05) is 26.0 Å². The van der Waals surface area contributed by atoms with Gasteiger partial charge in [0.2, 0.25) is 5.91 Å². The summed E-state index contributed by atoms with van der Waals surface area (Å²) in [4.78, 5) is 40.8. The molecule has 29 heavy (non-hydrogen) atoms. The summed E-state index contributed by atoms with van der Waals surface area (Å²) in [5.74, 6) is -0.0218. The Kier molecular flexibility index (Phi) is 8.45. The zero-order valence-corrected chi connectivity index (χ0v) is 17.4. The molecule has 1 heterocycles. The highest BCUT2D eigenvalue weighted by atomic mass is 16.3. The summed E-state index contributed by atoms with van der Waals surface area (Å²) >= 11 is 0. The second-order valence-electron chi connectivity index (χ2n) is 8.04. The molecule has 1 aliphatic rings. The zero-order valence-electron chi connectivity index (χ0n) is 17.4. The van der Waals surface area contributed by atoms with Crippen LogP contribution in [0.15, 0.2) is 24.3 Å². The van der Waals surface area contributed by atoms with Crippen molar-refractivity contribution in [1.29, 1.82) is 0 Å². The van der Waals surface area contributed by atoms with E-state index in [4.69, 9.17) is 0 Å². The van der Waals surface area contributed by atoms with Crippen molar-refractivity contribution in [2.24, 2.45) is 5.92 Å². The van der Waals surface area contributed by atoms with Crippen molar-refractivity contribution < 1.29 is 19.5 Å². The lowest BCUT2D eigenvalue weighted by Crippen LogP contribution is -2.56. The first kappa shape index (κ1) is 22.7. The topological polar surface area (TPSA) is 102 Å². The Labute approximate surface area is 172 Å². The number of phenolic OH excluding ortho intramolecular Hbond substituents is 1. The van der Waals surface area contributed by atoms with Gasteiger partial charge in [-0.25, -0.2) is 4.79 Å². The van der Waals surface area contributed by atoms with Crippen LogP contribution in [0.3, 0.4) is 0 Å². The van der Waals surface area contributed by atoms with Crippen molar-refractivity contribution in [2.75, 3.05) is 33.2 Å². The molecule has 160 valence electrons. The van der Waals surface area contributed by atoms with Crippen LogP contribution >= 0.6 is 0 Å². The van der Waals surface area contributed by atoms with E-state index in [9.17, 15) is 19.5 Å². The molecule has 0 bridgehead atoms. The predicted octanol–water partition coefficient (Wildman–Crippen LogP) is 0.990. The van der Waals surface area contributed by atoms with Gasteiger partial charge in [0, 0.05) is 26.2 Å². The van der Waals surface area contributed by atoms with Crippen molar-refractivity contribution in [3.63, 3.8) is 0 Å². The van der Waals surface area contributed by atoms with Crippen LogP contribution in [0.1, 0.15) is 25.8 Å². The van der Waals surface area contributed by atoms with Crippen molar-refractivity contribution in [2.45, 2.75) is 38.8 Å². The minimum absolute atomic E-state index is 0.143. The van der Waals surface area contributed by atoms with E-state index < -0.39 is 12.1 Å². The molecule has 8 heteroatoms.